The molecule has 2 aromatic rings. The largest absolute Gasteiger partial charge is 0.482 e. The van der Waals surface area contributed by atoms with Crippen molar-refractivity contribution in [2.45, 2.75) is 6.61 Å². The van der Waals surface area contributed by atoms with Gasteiger partial charge < -0.3 is 10.5 Å². The molecule has 0 fully saturated rings. The number of nitrogens with zero attached hydrogens (tertiary/aromatic N) is 2. The van der Waals surface area contributed by atoms with Crippen LogP contribution in [-0.2, 0) is 6.61 Å². The zero-order valence-electron chi connectivity index (χ0n) is 9.45. The maximum absolute atomic E-state index is 10.8. The lowest BCUT2D eigenvalue weighted by molar-refractivity contribution is -0.385. The van der Waals surface area contributed by atoms with Crippen LogP contribution < -0.4 is 10.5 Å². The zero-order valence-corrected chi connectivity index (χ0v) is 9.45. The molecule has 6 nitrogen and oxygen atoms in total. The quantitative estimate of drug-likeness (QED) is 0.658. The molecule has 0 saturated heterocycles. The van der Waals surface area contributed by atoms with E-state index in [1.165, 1.54) is 6.07 Å². The molecule has 2 N–H and O–H groups in total. The molecule has 6 heteroatoms. The summed E-state index contributed by atoms with van der Waals surface area (Å²) in [4.78, 5) is 14.2. The molecule has 0 aliphatic heterocycles. The topological polar surface area (TPSA) is 91.3 Å². The standard InChI is InChI=1S/C12H11N3O3/c13-12-7-9(5-6-14-12)8-18-11-4-2-1-3-10(11)15(16)17/h1-7H,8H2,(H2,13,14). The summed E-state index contributed by atoms with van der Waals surface area (Å²) in [6.45, 7) is 0.206. The Morgan fingerprint density at radius 2 is 2.11 bits per heavy atom. The summed E-state index contributed by atoms with van der Waals surface area (Å²) in [6.07, 6.45) is 1.56. The molecule has 0 saturated carbocycles. The third-order valence-corrected chi connectivity index (χ3v) is 2.30. The predicted octanol–water partition coefficient (Wildman–Crippen LogP) is 2.15. The van der Waals surface area contributed by atoms with E-state index < -0.39 is 4.92 Å². The molecule has 0 unspecified atom stereocenters. The number of nitrogens with two attached hydrogens (primary N) is 1. The highest BCUT2D eigenvalue weighted by Crippen LogP contribution is 2.26. The molecule has 18 heavy (non-hydrogen) atoms. The first kappa shape index (κ1) is 11.8. The van der Waals surface area contributed by atoms with Gasteiger partial charge in [-0.2, -0.15) is 0 Å². The molecule has 0 aliphatic rings. The van der Waals surface area contributed by atoms with E-state index in [1.807, 2.05) is 0 Å². The highest BCUT2D eigenvalue weighted by atomic mass is 16.6. The Labute approximate surface area is 103 Å². The number of para-hydroxylation sites is 2. The van der Waals surface area contributed by atoms with Gasteiger partial charge in [0.15, 0.2) is 5.75 Å². The second-order valence-corrected chi connectivity index (χ2v) is 3.60. The molecule has 0 bridgehead atoms. The number of nitro groups is 1. The van der Waals surface area contributed by atoms with Crippen molar-refractivity contribution in [2.24, 2.45) is 0 Å². The number of hydrogen-bond acceptors (Lipinski definition) is 5. The molecule has 0 aliphatic carbocycles. The van der Waals surface area contributed by atoms with Crippen LogP contribution in [0.1, 0.15) is 5.56 Å². The molecule has 0 spiro atoms. The molecule has 1 aromatic carbocycles. The van der Waals surface area contributed by atoms with E-state index in [2.05, 4.69) is 4.98 Å². The molecule has 1 aromatic heterocycles. The summed E-state index contributed by atoms with van der Waals surface area (Å²) in [7, 11) is 0. The number of rotatable bonds is 4. The molecule has 1 heterocycles. The van der Waals surface area contributed by atoms with Gasteiger partial charge in [-0.3, -0.25) is 10.1 Å². The number of anilines is 1. The first-order chi connectivity index (χ1) is 8.66. The number of pyridine rings is 1. The van der Waals surface area contributed by atoms with Gasteiger partial charge >= 0.3 is 5.69 Å². The van der Waals surface area contributed by atoms with Crippen LogP contribution in [0.25, 0.3) is 0 Å². The van der Waals surface area contributed by atoms with E-state index in [0.29, 0.717) is 5.82 Å². The van der Waals surface area contributed by atoms with Crippen LogP contribution in [0, 0.1) is 10.1 Å². The Kier molecular flexibility index (Phi) is 3.38. The number of benzene rings is 1. The highest BCUT2D eigenvalue weighted by Gasteiger charge is 2.13. The van der Waals surface area contributed by atoms with Crippen molar-refractivity contribution in [3.8, 4) is 5.75 Å². The lowest BCUT2D eigenvalue weighted by Gasteiger charge is -2.06. The smallest absolute Gasteiger partial charge is 0.310 e. The van der Waals surface area contributed by atoms with Gasteiger partial charge in [0.2, 0.25) is 0 Å². The van der Waals surface area contributed by atoms with E-state index in [-0.39, 0.29) is 18.0 Å². The second kappa shape index (κ2) is 5.13. The molecule has 0 amide bonds. The number of nitrogen functional groups attached to an aromatic ring is 1. The van der Waals surface area contributed by atoms with E-state index in [0.717, 1.165) is 5.56 Å². The minimum Gasteiger partial charge on any atom is -0.482 e. The van der Waals surface area contributed by atoms with Crippen LogP contribution in [0.2, 0.25) is 0 Å². The van der Waals surface area contributed by atoms with Crippen molar-refractivity contribution in [1.82, 2.24) is 4.98 Å². The normalized spacial score (nSPS) is 10.0. The van der Waals surface area contributed by atoms with E-state index in [9.17, 15) is 10.1 Å². The van der Waals surface area contributed by atoms with Crippen molar-refractivity contribution >= 4 is 11.5 Å². The van der Waals surface area contributed by atoms with Crippen LogP contribution in [0.4, 0.5) is 11.5 Å². The maximum atomic E-state index is 10.8. The molecule has 92 valence electrons. The summed E-state index contributed by atoms with van der Waals surface area (Å²) >= 11 is 0. The third kappa shape index (κ3) is 2.73. The van der Waals surface area contributed by atoms with Gasteiger partial charge in [0.1, 0.15) is 12.4 Å². The molecule has 0 atom stereocenters. The summed E-state index contributed by atoms with van der Waals surface area (Å²) < 4.78 is 5.41. The van der Waals surface area contributed by atoms with Crippen LogP contribution in [-0.4, -0.2) is 9.91 Å². The van der Waals surface area contributed by atoms with Crippen molar-refractivity contribution in [3.63, 3.8) is 0 Å². The first-order valence-electron chi connectivity index (χ1n) is 5.23. The fourth-order valence-electron chi connectivity index (χ4n) is 1.48. The van der Waals surface area contributed by atoms with Gasteiger partial charge in [0, 0.05) is 12.3 Å². The minimum atomic E-state index is -0.476. The third-order valence-electron chi connectivity index (χ3n) is 2.30. The summed E-state index contributed by atoms with van der Waals surface area (Å²) in [6, 6.07) is 9.64. The Balaban J connectivity index is 2.13. The predicted molar refractivity (Wildman–Crippen MR) is 66.1 cm³/mol. The Morgan fingerprint density at radius 1 is 1.33 bits per heavy atom. The number of aromatic nitrogens is 1. The van der Waals surface area contributed by atoms with Crippen molar-refractivity contribution in [3.05, 3.63) is 58.3 Å². The van der Waals surface area contributed by atoms with Gasteiger partial charge in [0.25, 0.3) is 0 Å². The average Bonchev–Trinajstić information content (AvgIpc) is 2.37. The fourth-order valence-corrected chi connectivity index (χ4v) is 1.48. The SMILES string of the molecule is Nc1cc(COc2ccccc2[N+](=O)[O-])ccn1. The molecular formula is C12H11N3O3. The maximum Gasteiger partial charge on any atom is 0.310 e. The van der Waals surface area contributed by atoms with Gasteiger partial charge in [-0.25, -0.2) is 4.98 Å². The van der Waals surface area contributed by atoms with Crippen LogP contribution in [0.15, 0.2) is 42.6 Å². The lowest BCUT2D eigenvalue weighted by atomic mass is 10.2. The first-order valence-corrected chi connectivity index (χ1v) is 5.23. The van der Waals surface area contributed by atoms with E-state index in [4.69, 9.17) is 10.5 Å². The van der Waals surface area contributed by atoms with Crippen LogP contribution in [0.3, 0.4) is 0 Å². The van der Waals surface area contributed by atoms with Gasteiger partial charge in [-0.05, 0) is 23.8 Å². The molecular weight excluding hydrogens is 234 g/mol. The van der Waals surface area contributed by atoms with Crippen LogP contribution in [0.5, 0.6) is 5.75 Å². The van der Waals surface area contributed by atoms with Crippen LogP contribution >= 0.6 is 0 Å². The monoisotopic (exact) mass is 245 g/mol. The highest BCUT2D eigenvalue weighted by molar-refractivity contribution is 5.45. The molecule has 2 rings (SSSR count). The van der Waals surface area contributed by atoms with Gasteiger partial charge in [0.05, 0.1) is 4.92 Å². The van der Waals surface area contributed by atoms with E-state index in [1.54, 1.807) is 36.5 Å². The van der Waals surface area contributed by atoms with E-state index >= 15 is 0 Å². The average molecular weight is 245 g/mol. The number of nitro benzene ring substituents is 1. The van der Waals surface area contributed by atoms with Gasteiger partial charge in [-0.15, -0.1) is 0 Å². The summed E-state index contributed by atoms with van der Waals surface area (Å²) in [5, 5.41) is 10.8. The Hall–Kier alpha value is -2.63. The zero-order chi connectivity index (χ0) is 13.0. The van der Waals surface area contributed by atoms with Crippen molar-refractivity contribution in [2.75, 3.05) is 5.73 Å². The van der Waals surface area contributed by atoms with Gasteiger partial charge in [-0.1, -0.05) is 12.1 Å². The van der Waals surface area contributed by atoms with Crippen molar-refractivity contribution < 1.29 is 9.66 Å². The second-order valence-electron chi connectivity index (χ2n) is 3.60. The number of ether oxygens (including phenoxy) is 1. The minimum absolute atomic E-state index is 0.0560. The van der Waals surface area contributed by atoms with Crippen molar-refractivity contribution in [1.29, 1.82) is 0 Å². The summed E-state index contributed by atoms with van der Waals surface area (Å²) in [5.74, 6) is 0.622. The lowest BCUT2D eigenvalue weighted by Crippen LogP contribution is -2.00. The Morgan fingerprint density at radius 3 is 2.83 bits per heavy atom. The fraction of sp³-hybridized carbons (Fsp3) is 0.0833. The number of hydrogen-bond donors (Lipinski definition) is 1. The molecule has 0 radical (unpaired) electrons. The Bertz CT molecular complexity index is 572. The summed E-state index contributed by atoms with van der Waals surface area (Å²) in [5.41, 5.74) is 6.28.